The first kappa shape index (κ1) is 23.2. The molecule has 4 rings (SSSR count). The Hall–Kier alpha value is -3.97. The van der Waals surface area contributed by atoms with Gasteiger partial charge in [-0.15, -0.1) is 0 Å². The van der Waals surface area contributed by atoms with E-state index in [1.807, 2.05) is 0 Å². The number of aromatic carboxylic acids is 1. The fourth-order valence-corrected chi connectivity index (χ4v) is 3.08. The predicted octanol–water partition coefficient (Wildman–Crippen LogP) is 4.14. The highest BCUT2D eigenvalue weighted by molar-refractivity contribution is 6.33. The van der Waals surface area contributed by atoms with Gasteiger partial charge < -0.3 is 15.2 Å². The van der Waals surface area contributed by atoms with Crippen LogP contribution in [-0.2, 0) is 17.5 Å². The number of fused-ring (bicyclic) bond motifs is 1. The molecule has 14 heteroatoms. The van der Waals surface area contributed by atoms with Crippen molar-refractivity contribution in [3.63, 3.8) is 0 Å². The second kappa shape index (κ2) is 9.11. The highest BCUT2D eigenvalue weighted by Gasteiger charge is 2.31. The third kappa shape index (κ3) is 4.84. The lowest BCUT2D eigenvalue weighted by Crippen LogP contribution is -2.08. The van der Waals surface area contributed by atoms with Crippen molar-refractivity contribution in [1.29, 1.82) is 0 Å². The van der Waals surface area contributed by atoms with Gasteiger partial charge in [0.15, 0.2) is 5.65 Å². The molecule has 0 fully saturated rings. The van der Waals surface area contributed by atoms with Gasteiger partial charge in [0.25, 0.3) is 0 Å². The molecule has 10 nitrogen and oxygen atoms in total. The zero-order chi connectivity index (χ0) is 24.5. The van der Waals surface area contributed by atoms with Gasteiger partial charge in [0, 0.05) is 19.5 Å². The second-order valence-corrected chi connectivity index (χ2v) is 7.18. The number of methoxy groups -OCH3 is 1. The lowest BCUT2D eigenvalue weighted by Gasteiger charge is -2.11. The van der Waals surface area contributed by atoms with Crippen molar-refractivity contribution < 1.29 is 27.8 Å². The van der Waals surface area contributed by atoms with E-state index in [1.54, 1.807) is 6.07 Å². The van der Waals surface area contributed by atoms with Crippen molar-refractivity contribution in [2.24, 2.45) is 0 Å². The molecule has 0 spiro atoms. The molecule has 0 bridgehead atoms. The van der Waals surface area contributed by atoms with Gasteiger partial charge in [-0.2, -0.15) is 13.2 Å². The number of carbonyl (C=O) groups is 1. The average molecular weight is 492 g/mol. The lowest BCUT2D eigenvalue weighted by molar-refractivity contribution is -0.138. The van der Waals surface area contributed by atoms with Crippen molar-refractivity contribution in [2.75, 3.05) is 12.4 Å². The Bertz CT molecular complexity index is 1380. The van der Waals surface area contributed by atoms with Crippen LogP contribution in [0, 0.1) is 0 Å². The van der Waals surface area contributed by atoms with Crippen molar-refractivity contribution in [1.82, 2.24) is 29.9 Å². The standard InChI is InChI=1S/C20H13ClF3N7O3/c1-34-8-10-4-13(31-19-26-5-9(6-27-19)20(22,23)24)16-17(28-10)30-14(7-25-16)15-11(21)2-3-12(29-15)18(32)33/h2-7H,8H2,1H3,(H,32,33)(H,26,27,28,30,31). The number of rotatable bonds is 6. The first-order valence-electron chi connectivity index (χ1n) is 9.38. The van der Waals surface area contributed by atoms with Crippen molar-refractivity contribution in [2.45, 2.75) is 12.8 Å². The van der Waals surface area contributed by atoms with Crippen molar-refractivity contribution >= 4 is 40.4 Å². The van der Waals surface area contributed by atoms with Crippen molar-refractivity contribution in [3.8, 4) is 11.4 Å². The van der Waals surface area contributed by atoms with Crippen LogP contribution in [0.4, 0.5) is 24.8 Å². The molecule has 0 aliphatic carbocycles. The highest BCUT2D eigenvalue weighted by Crippen LogP contribution is 2.30. The molecular formula is C20H13ClF3N7O3. The Balaban J connectivity index is 1.78. The molecule has 4 aromatic heterocycles. The topological polar surface area (TPSA) is 136 Å². The Morgan fingerprint density at radius 3 is 2.50 bits per heavy atom. The Morgan fingerprint density at radius 1 is 1.12 bits per heavy atom. The summed E-state index contributed by atoms with van der Waals surface area (Å²) in [6.45, 7) is 0.0951. The summed E-state index contributed by atoms with van der Waals surface area (Å²) in [6.07, 6.45) is -1.94. The minimum atomic E-state index is -4.57. The molecule has 0 aliphatic heterocycles. The summed E-state index contributed by atoms with van der Waals surface area (Å²) >= 11 is 6.18. The number of pyridine rings is 2. The van der Waals surface area contributed by atoms with Gasteiger partial charge in [-0.1, -0.05) is 11.6 Å². The summed E-state index contributed by atoms with van der Waals surface area (Å²) in [5, 5.41) is 12.2. The van der Waals surface area contributed by atoms with Gasteiger partial charge in [-0.05, 0) is 18.2 Å². The summed E-state index contributed by atoms with van der Waals surface area (Å²) in [6, 6.07) is 4.20. The van der Waals surface area contributed by atoms with Crippen LogP contribution >= 0.6 is 11.6 Å². The van der Waals surface area contributed by atoms with Crippen LogP contribution < -0.4 is 5.32 Å². The zero-order valence-corrected chi connectivity index (χ0v) is 17.9. The van der Waals surface area contributed by atoms with E-state index in [2.05, 4.69) is 35.2 Å². The van der Waals surface area contributed by atoms with Gasteiger partial charge in [-0.3, -0.25) is 0 Å². The van der Waals surface area contributed by atoms with Gasteiger partial charge in [0.05, 0.1) is 34.8 Å². The van der Waals surface area contributed by atoms with Crippen LogP contribution in [0.3, 0.4) is 0 Å². The maximum absolute atomic E-state index is 12.8. The molecule has 0 atom stereocenters. The number of carboxylic acid groups (broad SMARTS) is 1. The predicted molar refractivity (Wildman–Crippen MR) is 114 cm³/mol. The van der Waals surface area contributed by atoms with Crippen LogP contribution in [-0.4, -0.2) is 48.1 Å². The minimum absolute atomic E-state index is 0.0930. The molecule has 0 saturated carbocycles. The van der Waals surface area contributed by atoms with Crippen LogP contribution in [0.5, 0.6) is 0 Å². The van der Waals surface area contributed by atoms with E-state index in [-0.39, 0.29) is 45.8 Å². The number of ether oxygens (including phenoxy) is 1. The summed E-state index contributed by atoms with van der Waals surface area (Å²) in [5.74, 6) is -1.34. The van der Waals surface area contributed by atoms with Gasteiger partial charge in [0.2, 0.25) is 5.95 Å². The summed E-state index contributed by atoms with van der Waals surface area (Å²) in [7, 11) is 1.46. The molecule has 0 unspecified atom stereocenters. The molecule has 0 saturated heterocycles. The number of nitrogens with one attached hydrogen (secondary N) is 1. The summed E-state index contributed by atoms with van der Waals surface area (Å²) in [5.41, 5.74) is 0.148. The van der Waals surface area contributed by atoms with E-state index in [0.717, 1.165) is 0 Å². The molecule has 0 radical (unpaired) electrons. The fraction of sp³-hybridized carbons (Fsp3) is 0.150. The second-order valence-electron chi connectivity index (χ2n) is 6.77. The largest absolute Gasteiger partial charge is 0.477 e. The third-order valence-corrected chi connectivity index (χ3v) is 4.70. The Labute approximate surface area is 193 Å². The number of carboxylic acids is 1. The fourth-order valence-electron chi connectivity index (χ4n) is 2.88. The SMILES string of the molecule is COCc1cc(Nc2ncc(C(F)(F)F)cn2)c2ncc(-c3nc(C(=O)O)ccc3Cl)nc2n1. The number of alkyl halides is 3. The lowest BCUT2D eigenvalue weighted by atomic mass is 10.2. The number of hydrogen-bond donors (Lipinski definition) is 2. The molecule has 4 aromatic rings. The van der Waals surface area contributed by atoms with Crippen LogP contribution in [0.1, 0.15) is 21.7 Å². The van der Waals surface area contributed by atoms with Gasteiger partial charge in [-0.25, -0.2) is 34.7 Å². The van der Waals surface area contributed by atoms with Crippen LogP contribution in [0.25, 0.3) is 22.6 Å². The minimum Gasteiger partial charge on any atom is -0.477 e. The highest BCUT2D eigenvalue weighted by atomic mass is 35.5. The van der Waals surface area contributed by atoms with Gasteiger partial charge in [0.1, 0.15) is 22.6 Å². The Kier molecular flexibility index (Phi) is 6.22. The molecular weight excluding hydrogens is 479 g/mol. The monoisotopic (exact) mass is 491 g/mol. The number of nitrogens with zero attached hydrogens (tertiary/aromatic N) is 6. The van der Waals surface area contributed by atoms with E-state index in [9.17, 15) is 23.1 Å². The van der Waals surface area contributed by atoms with E-state index in [0.29, 0.717) is 23.8 Å². The molecule has 174 valence electrons. The summed E-state index contributed by atoms with van der Waals surface area (Å²) < 4.78 is 43.5. The first-order chi connectivity index (χ1) is 16.2. The van der Waals surface area contributed by atoms with E-state index in [1.165, 1.54) is 25.4 Å². The number of aromatic nitrogens is 6. The van der Waals surface area contributed by atoms with E-state index < -0.39 is 17.7 Å². The number of hydrogen-bond acceptors (Lipinski definition) is 9. The number of anilines is 2. The van der Waals surface area contributed by atoms with E-state index in [4.69, 9.17) is 16.3 Å². The molecule has 0 aliphatic rings. The van der Waals surface area contributed by atoms with Crippen molar-refractivity contribution in [3.05, 3.63) is 58.8 Å². The van der Waals surface area contributed by atoms with Crippen LogP contribution in [0.15, 0.2) is 36.8 Å². The molecule has 4 heterocycles. The molecule has 0 aromatic carbocycles. The van der Waals surface area contributed by atoms with Gasteiger partial charge >= 0.3 is 12.1 Å². The molecule has 34 heavy (non-hydrogen) atoms. The smallest absolute Gasteiger partial charge is 0.419 e. The molecule has 0 amide bonds. The quantitative estimate of drug-likeness (QED) is 0.405. The first-order valence-corrected chi connectivity index (χ1v) is 9.75. The molecule has 2 N–H and O–H groups in total. The summed E-state index contributed by atoms with van der Waals surface area (Å²) in [4.78, 5) is 35.8. The van der Waals surface area contributed by atoms with Crippen LogP contribution in [0.2, 0.25) is 5.02 Å². The Morgan fingerprint density at radius 2 is 1.85 bits per heavy atom. The maximum atomic E-state index is 12.8. The number of halogens is 4. The maximum Gasteiger partial charge on any atom is 0.419 e. The normalized spacial score (nSPS) is 11.6. The zero-order valence-electron chi connectivity index (χ0n) is 17.1. The average Bonchev–Trinajstić information content (AvgIpc) is 2.79. The third-order valence-electron chi connectivity index (χ3n) is 4.40. The van der Waals surface area contributed by atoms with E-state index >= 15 is 0 Å².